The summed E-state index contributed by atoms with van der Waals surface area (Å²) >= 11 is 0. The first-order valence-corrected chi connectivity index (χ1v) is 14.0. The second-order valence-electron chi connectivity index (χ2n) is 10.5. The molecule has 3 aliphatic heterocycles. The van der Waals surface area contributed by atoms with Crippen LogP contribution in [-0.4, -0.2) is 92.1 Å². The van der Waals surface area contributed by atoms with Gasteiger partial charge in [-0.15, -0.1) is 0 Å². The van der Waals surface area contributed by atoms with Gasteiger partial charge in [-0.1, -0.05) is 25.5 Å². The molecule has 1 aromatic carbocycles. The third-order valence-corrected chi connectivity index (χ3v) is 7.79. The summed E-state index contributed by atoms with van der Waals surface area (Å²) < 4.78 is 5.18. The van der Waals surface area contributed by atoms with Gasteiger partial charge >= 0.3 is 6.09 Å². The zero-order valence-electron chi connectivity index (χ0n) is 22.5. The first kappa shape index (κ1) is 27.9. The second-order valence-corrected chi connectivity index (χ2v) is 10.5. The van der Waals surface area contributed by atoms with Gasteiger partial charge in [0, 0.05) is 70.4 Å². The van der Waals surface area contributed by atoms with Crippen LogP contribution in [0.4, 0.5) is 10.5 Å². The van der Waals surface area contributed by atoms with Crippen molar-refractivity contribution < 1.29 is 23.9 Å². The maximum absolute atomic E-state index is 12.8. The largest absolute Gasteiger partial charge is 0.450 e. The number of amides is 4. The normalized spacial score (nSPS) is 21.2. The average molecular weight is 528 g/mol. The third-order valence-electron chi connectivity index (χ3n) is 7.79. The fraction of sp³-hybridized carbons (Fsp3) is 0.643. The van der Waals surface area contributed by atoms with Crippen LogP contribution in [0.15, 0.2) is 24.3 Å². The van der Waals surface area contributed by atoms with Crippen molar-refractivity contribution in [3.8, 4) is 0 Å². The first-order valence-electron chi connectivity index (χ1n) is 14.0. The number of benzene rings is 1. The van der Waals surface area contributed by atoms with Gasteiger partial charge in [0.25, 0.3) is 0 Å². The summed E-state index contributed by atoms with van der Waals surface area (Å²) in [6.45, 7) is 8.04. The lowest BCUT2D eigenvalue weighted by Gasteiger charge is -2.37. The molecule has 0 bridgehead atoms. The van der Waals surface area contributed by atoms with Crippen LogP contribution in [0.2, 0.25) is 0 Å². The number of nitrogens with zero attached hydrogens (tertiary/aromatic N) is 3. The van der Waals surface area contributed by atoms with Gasteiger partial charge < -0.3 is 19.9 Å². The molecule has 208 valence electrons. The number of unbranched alkanes of at least 4 members (excludes halogenated alkanes) is 1. The van der Waals surface area contributed by atoms with Crippen molar-refractivity contribution in [2.24, 2.45) is 0 Å². The Morgan fingerprint density at radius 3 is 2.53 bits per heavy atom. The lowest BCUT2D eigenvalue weighted by atomic mass is 9.90. The van der Waals surface area contributed by atoms with E-state index in [-0.39, 0.29) is 35.8 Å². The number of carbonyl (C=O) groups is 4. The molecule has 3 saturated heterocycles. The van der Waals surface area contributed by atoms with Gasteiger partial charge in [-0.3, -0.25) is 24.6 Å². The number of anilines is 1. The number of likely N-dealkylation sites (tertiary alicyclic amines) is 1. The molecule has 4 rings (SSSR count). The molecule has 10 heteroatoms. The van der Waals surface area contributed by atoms with Crippen LogP contribution in [0, 0.1) is 0 Å². The topological polar surface area (TPSA) is 111 Å². The van der Waals surface area contributed by atoms with Gasteiger partial charge in [-0.2, -0.15) is 0 Å². The smallest absolute Gasteiger partial charge is 0.407 e. The Hall–Kier alpha value is -3.14. The quantitative estimate of drug-likeness (QED) is 0.374. The van der Waals surface area contributed by atoms with Gasteiger partial charge in [0.15, 0.2) is 0 Å². The number of hydrogen-bond donors (Lipinski definition) is 2. The number of hydrogen-bond acceptors (Lipinski definition) is 7. The van der Waals surface area contributed by atoms with Gasteiger partial charge in [0.1, 0.15) is 0 Å². The summed E-state index contributed by atoms with van der Waals surface area (Å²) in [6.07, 6.45) is 4.44. The zero-order chi connectivity index (χ0) is 26.9. The molecule has 0 radical (unpaired) electrons. The number of rotatable bonds is 9. The summed E-state index contributed by atoms with van der Waals surface area (Å²) in [4.78, 5) is 55.0. The van der Waals surface area contributed by atoms with Gasteiger partial charge in [-0.05, 0) is 43.4 Å². The van der Waals surface area contributed by atoms with Crippen LogP contribution >= 0.6 is 0 Å². The number of ether oxygens (including phenoxy) is 1. The minimum atomic E-state index is -0.356. The predicted octanol–water partition coefficient (Wildman–Crippen LogP) is 2.24. The van der Waals surface area contributed by atoms with E-state index in [1.807, 2.05) is 17.0 Å². The lowest BCUT2D eigenvalue weighted by Crippen LogP contribution is -2.49. The fourth-order valence-electron chi connectivity index (χ4n) is 5.38. The predicted molar refractivity (Wildman–Crippen MR) is 144 cm³/mol. The van der Waals surface area contributed by atoms with E-state index >= 15 is 0 Å². The molecule has 3 heterocycles. The van der Waals surface area contributed by atoms with E-state index < -0.39 is 0 Å². The summed E-state index contributed by atoms with van der Waals surface area (Å²) in [7, 11) is 0. The summed E-state index contributed by atoms with van der Waals surface area (Å²) in [5.74, 6) is -0.509. The Labute approximate surface area is 225 Å². The maximum atomic E-state index is 12.8. The summed E-state index contributed by atoms with van der Waals surface area (Å²) in [5.41, 5.74) is 2.04. The molecular formula is C28H41N5O5. The Morgan fingerprint density at radius 2 is 1.82 bits per heavy atom. The molecule has 0 spiro atoms. The third kappa shape index (κ3) is 7.69. The number of piperazine rings is 1. The van der Waals surface area contributed by atoms with Crippen LogP contribution in [0.25, 0.3) is 0 Å². The van der Waals surface area contributed by atoms with E-state index in [1.165, 1.54) is 0 Å². The van der Waals surface area contributed by atoms with E-state index in [0.29, 0.717) is 39.0 Å². The van der Waals surface area contributed by atoms with E-state index in [0.717, 1.165) is 69.7 Å². The molecule has 3 aliphatic rings. The Balaban J connectivity index is 1.15. The molecule has 0 saturated carbocycles. The molecule has 10 nitrogen and oxygen atoms in total. The zero-order valence-corrected chi connectivity index (χ0v) is 22.5. The van der Waals surface area contributed by atoms with Crippen LogP contribution in [0.3, 0.4) is 0 Å². The van der Waals surface area contributed by atoms with Crippen LogP contribution in [0.5, 0.6) is 0 Å². The SMILES string of the molecule is CCCCOC(=O)NC1CCN(C(=O)CCN2CCN(c3cccc(C4CCC(=O)NC4=O)c3)CC2)CC1. The van der Waals surface area contributed by atoms with Gasteiger partial charge in [0.2, 0.25) is 17.7 Å². The minimum absolute atomic E-state index is 0.0646. The highest BCUT2D eigenvalue weighted by Gasteiger charge is 2.29. The minimum Gasteiger partial charge on any atom is -0.450 e. The maximum Gasteiger partial charge on any atom is 0.407 e. The van der Waals surface area contributed by atoms with Crippen molar-refractivity contribution >= 4 is 29.5 Å². The number of piperidine rings is 2. The van der Waals surface area contributed by atoms with Crippen LogP contribution < -0.4 is 15.5 Å². The Bertz CT molecular complexity index is 986. The van der Waals surface area contributed by atoms with Crippen molar-refractivity contribution in [3.63, 3.8) is 0 Å². The second kappa shape index (κ2) is 13.6. The average Bonchev–Trinajstić information content (AvgIpc) is 2.92. The highest BCUT2D eigenvalue weighted by atomic mass is 16.5. The summed E-state index contributed by atoms with van der Waals surface area (Å²) in [6, 6.07) is 8.15. The molecule has 0 aliphatic carbocycles. The molecule has 38 heavy (non-hydrogen) atoms. The molecule has 0 aromatic heterocycles. The molecule has 2 N–H and O–H groups in total. The molecule has 1 aromatic rings. The lowest BCUT2D eigenvalue weighted by molar-refractivity contribution is -0.134. The van der Waals surface area contributed by atoms with Crippen molar-refractivity contribution in [3.05, 3.63) is 29.8 Å². The summed E-state index contributed by atoms with van der Waals surface area (Å²) in [5, 5.41) is 5.37. The fourth-order valence-corrected chi connectivity index (χ4v) is 5.38. The number of nitrogens with one attached hydrogen (secondary N) is 2. The van der Waals surface area contributed by atoms with Crippen molar-refractivity contribution in [2.45, 2.75) is 63.8 Å². The van der Waals surface area contributed by atoms with Gasteiger partial charge in [0.05, 0.1) is 12.5 Å². The first-order chi connectivity index (χ1) is 18.4. The van der Waals surface area contributed by atoms with E-state index in [4.69, 9.17) is 4.74 Å². The number of carbonyl (C=O) groups excluding carboxylic acids is 4. The van der Waals surface area contributed by atoms with Crippen molar-refractivity contribution in [1.82, 2.24) is 20.4 Å². The Morgan fingerprint density at radius 1 is 1.05 bits per heavy atom. The van der Waals surface area contributed by atoms with Crippen molar-refractivity contribution in [2.75, 3.05) is 57.3 Å². The molecule has 3 fully saturated rings. The van der Waals surface area contributed by atoms with Gasteiger partial charge in [-0.25, -0.2) is 4.79 Å². The van der Waals surface area contributed by atoms with Crippen LogP contribution in [0.1, 0.15) is 63.4 Å². The van der Waals surface area contributed by atoms with E-state index in [9.17, 15) is 19.2 Å². The Kier molecular flexibility index (Phi) is 9.98. The molecular weight excluding hydrogens is 486 g/mol. The van der Waals surface area contributed by atoms with Crippen molar-refractivity contribution in [1.29, 1.82) is 0 Å². The highest BCUT2D eigenvalue weighted by molar-refractivity contribution is 6.01. The molecule has 4 amide bonds. The standard InChI is InChI=1S/C28H41N5O5/c1-2-3-19-38-28(37)29-22-9-13-33(14-10-22)26(35)11-12-31-15-17-32(18-16-31)23-6-4-5-21(20-23)24-7-8-25(34)30-27(24)36/h4-6,20,22,24H,2-3,7-19H2,1H3,(H,29,37)(H,30,34,36). The molecule has 1 unspecified atom stereocenters. The number of alkyl carbamates (subject to hydrolysis) is 1. The van der Waals surface area contributed by atoms with E-state index in [2.05, 4.69) is 39.5 Å². The molecule has 1 atom stereocenters. The van der Waals surface area contributed by atoms with E-state index in [1.54, 1.807) is 0 Å². The highest BCUT2D eigenvalue weighted by Crippen LogP contribution is 2.28. The van der Waals surface area contributed by atoms with Crippen LogP contribution in [-0.2, 0) is 19.1 Å². The number of imide groups is 1. The monoisotopic (exact) mass is 527 g/mol.